The molecule has 0 spiro atoms. The van der Waals surface area contributed by atoms with E-state index in [9.17, 15) is 9.59 Å². The Hall–Kier alpha value is -1.75. The molecule has 6 heteroatoms. The molecule has 0 saturated heterocycles. The maximum absolute atomic E-state index is 12.2. The average Bonchev–Trinajstić information content (AvgIpc) is 2.47. The first-order chi connectivity index (χ1) is 10.4. The van der Waals surface area contributed by atoms with Crippen molar-refractivity contribution in [3.8, 4) is 5.75 Å². The highest BCUT2D eigenvalue weighted by Crippen LogP contribution is 2.26. The zero-order valence-electron chi connectivity index (χ0n) is 13.3. The number of hydrogen-bond donors (Lipinski definition) is 1. The topological polar surface area (TPSA) is 64.6 Å². The summed E-state index contributed by atoms with van der Waals surface area (Å²) in [5.74, 6) is 0.0380. The summed E-state index contributed by atoms with van der Waals surface area (Å²) in [4.78, 5) is 23.9. The Morgan fingerprint density at radius 1 is 1.27 bits per heavy atom. The maximum Gasteiger partial charge on any atom is 0.328 e. The normalized spacial score (nSPS) is 11.9. The summed E-state index contributed by atoms with van der Waals surface area (Å²) >= 11 is 6.11. The summed E-state index contributed by atoms with van der Waals surface area (Å²) in [6, 6.07) is 4.52. The monoisotopic (exact) mass is 327 g/mol. The number of methoxy groups -OCH3 is 2. The van der Waals surface area contributed by atoms with Crippen molar-refractivity contribution in [1.29, 1.82) is 0 Å². The van der Waals surface area contributed by atoms with Crippen LogP contribution in [0.5, 0.6) is 5.75 Å². The van der Waals surface area contributed by atoms with Crippen LogP contribution in [0, 0.1) is 5.92 Å². The van der Waals surface area contributed by atoms with Crippen molar-refractivity contribution in [1.82, 2.24) is 5.32 Å². The summed E-state index contributed by atoms with van der Waals surface area (Å²) in [6.45, 7) is 3.94. The Morgan fingerprint density at radius 2 is 1.95 bits per heavy atom. The van der Waals surface area contributed by atoms with E-state index in [2.05, 4.69) is 5.32 Å². The van der Waals surface area contributed by atoms with Gasteiger partial charge in [0.25, 0.3) is 0 Å². The number of amides is 1. The van der Waals surface area contributed by atoms with Crippen LogP contribution in [-0.4, -0.2) is 32.1 Å². The van der Waals surface area contributed by atoms with Gasteiger partial charge in [-0.2, -0.15) is 0 Å². The lowest BCUT2D eigenvalue weighted by Crippen LogP contribution is -2.43. The fourth-order valence-corrected chi connectivity index (χ4v) is 2.37. The summed E-state index contributed by atoms with van der Waals surface area (Å²) in [5.41, 5.74) is 0.595. The van der Waals surface area contributed by atoms with Crippen LogP contribution in [0.4, 0.5) is 0 Å². The molecule has 1 aromatic carbocycles. The average molecular weight is 328 g/mol. The van der Waals surface area contributed by atoms with E-state index in [1.165, 1.54) is 14.2 Å². The second kappa shape index (κ2) is 8.63. The fourth-order valence-electron chi connectivity index (χ4n) is 2.14. The molecule has 0 radical (unpaired) electrons. The van der Waals surface area contributed by atoms with Crippen LogP contribution in [0.2, 0.25) is 5.02 Å². The third-order valence-electron chi connectivity index (χ3n) is 3.16. The molecule has 0 unspecified atom stereocenters. The fraction of sp³-hybridized carbons (Fsp3) is 0.500. The van der Waals surface area contributed by atoms with Gasteiger partial charge >= 0.3 is 5.97 Å². The number of carbonyl (C=O) groups is 2. The van der Waals surface area contributed by atoms with E-state index in [0.717, 1.165) is 0 Å². The van der Waals surface area contributed by atoms with Gasteiger partial charge in [-0.15, -0.1) is 0 Å². The van der Waals surface area contributed by atoms with Gasteiger partial charge in [0.05, 0.1) is 20.6 Å². The van der Waals surface area contributed by atoms with E-state index in [0.29, 0.717) is 22.8 Å². The molecule has 1 rings (SSSR count). The van der Waals surface area contributed by atoms with Crippen LogP contribution < -0.4 is 10.1 Å². The molecule has 0 saturated carbocycles. The predicted molar refractivity (Wildman–Crippen MR) is 85.1 cm³/mol. The Bertz CT molecular complexity index is 531. The van der Waals surface area contributed by atoms with Gasteiger partial charge in [-0.05, 0) is 24.5 Å². The molecule has 0 aliphatic heterocycles. The number of halogens is 1. The number of rotatable bonds is 7. The SMILES string of the molecule is COC(=O)[C@H](CC(C)C)NC(=O)Cc1c(Cl)cccc1OC. The zero-order chi connectivity index (χ0) is 16.7. The number of benzene rings is 1. The van der Waals surface area contributed by atoms with E-state index in [1.807, 2.05) is 13.8 Å². The van der Waals surface area contributed by atoms with Crippen molar-refractivity contribution in [3.05, 3.63) is 28.8 Å². The molecule has 22 heavy (non-hydrogen) atoms. The lowest BCUT2D eigenvalue weighted by molar-refractivity contribution is -0.145. The van der Waals surface area contributed by atoms with E-state index in [-0.39, 0.29) is 18.2 Å². The molecular formula is C16H22ClNO4. The van der Waals surface area contributed by atoms with Crippen molar-refractivity contribution >= 4 is 23.5 Å². The third-order valence-corrected chi connectivity index (χ3v) is 3.52. The lowest BCUT2D eigenvalue weighted by Gasteiger charge is -2.19. The molecule has 0 aliphatic carbocycles. The number of hydrogen-bond acceptors (Lipinski definition) is 4. The van der Waals surface area contributed by atoms with Crippen molar-refractivity contribution in [2.75, 3.05) is 14.2 Å². The molecule has 1 N–H and O–H groups in total. The minimum atomic E-state index is -0.661. The molecule has 122 valence electrons. The number of ether oxygens (including phenoxy) is 2. The highest BCUT2D eigenvalue weighted by molar-refractivity contribution is 6.31. The molecule has 0 heterocycles. The van der Waals surface area contributed by atoms with Crippen molar-refractivity contribution in [2.45, 2.75) is 32.7 Å². The Morgan fingerprint density at radius 3 is 2.50 bits per heavy atom. The Labute approximate surface area is 135 Å². The molecule has 0 bridgehead atoms. The molecule has 1 aromatic rings. The minimum absolute atomic E-state index is 0.0361. The first-order valence-corrected chi connectivity index (χ1v) is 7.45. The summed E-state index contributed by atoms with van der Waals surface area (Å²) < 4.78 is 9.94. The van der Waals surface area contributed by atoms with Gasteiger partial charge in [-0.25, -0.2) is 4.79 Å². The molecule has 0 aromatic heterocycles. The zero-order valence-corrected chi connectivity index (χ0v) is 14.1. The van der Waals surface area contributed by atoms with Crippen LogP contribution in [0.3, 0.4) is 0 Å². The quantitative estimate of drug-likeness (QED) is 0.782. The van der Waals surface area contributed by atoms with Crippen molar-refractivity contribution < 1.29 is 19.1 Å². The van der Waals surface area contributed by atoms with Crippen molar-refractivity contribution in [2.24, 2.45) is 5.92 Å². The van der Waals surface area contributed by atoms with E-state index < -0.39 is 12.0 Å². The van der Waals surface area contributed by atoms with Gasteiger partial charge in [0.15, 0.2) is 0 Å². The minimum Gasteiger partial charge on any atom is -0.496 e. The maximum atomic E-state index is 12.2. The summed E-state index contributed by atoms with van der Waals surface area (Å²) in [6.07, 6.45) is 0.548. The van der Waals surface area contributed by atoms with Gasteiger partial charge < -0.3 is 14.8 Å². The Balaban J connectivity index is 2.82. The van der Waals surface area contributed by atoms with Crippen molar-refractivity contribution in [3.63, 3.8) is 0 Å². The second-order valence-electron chi connectivity index (χ2n) is 5.37. The smallest absolute Gasteiger partial charge is 0.328 e. The summed E-state index contributed by atoms with van der Waals surface area (Å²) in [5, 5.41) is 3.15. The van der Waals surface area contributed by atoms with Gasteiger partial charge in [0.1, 0.15) is 11.8 Å². The Kier molecular flexibility index (Phi) is 7.18. The number of nitrogens with one attached hydrogen (secondary N) is 1. The standard InChI is InChI=1S/C16H22ClNO4/c1-10(2)8-13(16(20)22-4)18-15(19)9-11-12(17)6-5-7-14(11)21-3/h5-7,10,13H,8-9H2,1-4H3,(H,18,19)/t13-/m0/s1. The first-order valence-electron chi connectivity index (χ1n) is 7.07. The predicted octanol–water partition coefficient (Wildman–Crippen LogP) is 2.60. The largest absolute Gasteiger partial charge is 0.496 e. The molecule has 1 amide bonds. The van der Waals surface area contributed by atoms with Gasteiger partial charge in [0.2, 0.25) is 5.91 Å². The van der Waals surface area contributed by atoms with Crippen LogP contribution in [0.15, 0.2) is 18.2 Å². The number of esters is 1. The molecule has 5 nitrogen and oxygen atoms in total. The summed E-state index contributed by atoms with van der Waals surface area (Å²) in [7, 11) is 2.82. The molecule has 0 aliphatic rings. The highest BCUT2D eigenvalue weighted by Gasteiger charge is 2.23. The molecular weight excluding hydrogens is 306 g/mol. The highest BCUT2D eigenvalue weighted by atomic mass is 35.5. The van der Waals surface area contributed by atoms with Crippen LogP contribution in [0.1, 0.15) is 25.8 Å². The number of carbonyl (C=O) groups excluding carboxylic acids is 2. The molecule has 0 fully saturated rings. The van der Waals surface area contributed by atoms with Crippen LogP contribution in [0.25, 0.3) is 0 Å². The van der Waals surface area contributed by atoms with Gasteiger partial charge in [-0.1, -0.05) is 31.5 Å². The van der Waals surface area contributed by atoms with E-state index >= 15 is 0 Å². The van der Waals surface area contributed by atoms with Gasteiger partial charge in [-0.3, -0.25) is 4.79 Å². The lowest BCUT2D eigenvalue weighted by atomic mass is 10.0. The van der Waals surface area contributed by atoms with Gasteiger partial charge in [0, 0.05) is 10.6 Å². The van der Waals surface area contributed by atoms with E-state index in [4.69, 9.17) is 21.1 Å². The van der Waals surface area contributed by atoms with Crippen LogP contribution >= 0.6 is 11.6 Å². The molecule has 1 atom stereocenters. The first kappa shape index (κ1) is 18.3. The third kappa shape index (κ3) is 5.22. The van der Waals surface area contributed by atoms with E-state index in [1.54, 1.807) is 18.2 Å². The van der Waals surface area contributed by atoms with Crippen LogP contribution in [-0.2, 0) is 20.7 Å². The second-order valence-corrected chi connectivity index (χ2v) is 5.78.